The quantitative estimate of drug-likeness (QED) is 0.0679. The number of primary amides is 1. The van der Waals surface area contributed by atoms with Crippen LogP contribution in [0.3, 0.4) is 0 Å². The van der Waals surface area contributed by atoms with Crippen LogP contribution in [0.25, 0.3) is 0 Å². The molecule has 0 aliphatic carbocycles. The minimum Gasteiger partial charge on any atom is -0.504 e. The summed E-state index contributed by atoms with van der Waals surface area (Å²) in [5.41, 5.74) is 8.38. The number of nitriles is 1. The molecular formula is C46H40N4O10. The number of ether oxygens (including phenoxy) is 1. The standard InChI is InChI=1S/C46H40N4O10/c1-26(2)60-43-34(17-20-36(42(43)55)39(52)21-27-5-13-33(14-6-27)46(58)59)23-38(51)30-9-3-28(4-10-30)22-40(53)37(24-41(48)54)50-45(57)32-15-18-35(19-16-32)49-44(56)31-11-7-29(25-47)8-12-31/h3-20,26,37,55H,21-24H2,1-2H3,(H2,48,54)(H,49,56)(H,50,57)(H,58,59)/t37-/m0/s1. The Morgan fingerprint density at radius 2 is 1.23 bits per heavy atom. The van der Waals surface area contributed by atoms with E-state index in [1.54, 1.807) is 26.0 Å². The number of Topliss-reactive ketones (excluding diaryl/α,β-unsaturated/α-hetero) is 3. The van der Waals surface area contributed by atoms with Gasteiger partial charge in [-0.1, -0.05) is 42.5 Å². The van der Waals surface area contributed by atoms with E-state index >= 15 is 0 Å². The molecule has 0 unspecified atom stereocenters. The number of ketones is 3. The lowest BCUT2D eigenvalue weighted by atomic mass is 9.95. The molecule has 1 atom stereocenters. The summed E-state index contributed by atoms with van der Waals surface area (Å²) in [5, 5.41) is 34.5. The molecular weight excluding hydrogens is 769 g/mol. The van der Waals surface area contributed by atoms with E-state index in [1.165, 1.54) is 97.1 Å². The van der Waals surface area contributed by atoms with Crippen LogP contribution in [0.5, 0.6) is 11.5 Å². The van der Waals surface area contributed by atoms with Gasteiger partial charge in [-0.15, -0.1) is 0 Å². The Morgan fingerprint density at radius 3 is 1.80 bits per heavy atom. The fraction of sp³-hybridized carbons (Fsp3) is 0.174. The zero-order valence-electron chi connectivity index (χ0n) is 32.6. The van der Waals surface area contributed by atoms with Crippen molar-refractivity contribution in [1.82, 2.24) is 5.32 Å². The van der Waals surface area contributed by atoms with Gasteiger partial charge in [-0.05, 0) is 91.7 Å². The number of benzene rings is 5. The predicted molar refractivity (Wildman–Crippen MR) is 219 cm³/mol. The van der Waals surface area contributed by atoms with Crippen molar-refractivity contribution in [1.29, 1.82) is 5.26 Å². The lowest BCUT2D eigenvalue weighted by Crippen LogP contribution is -2.44. The van der Waals surface area contributed by atoms with Gasteiger partial charge >= 0.3 is 5.97 Å². The summed E-state index contributed by atoms with van der Waals surface area (Å²) in [6, 6.07) is 27.5. The Hall–Kier alpha value is -7.92. The van der Waals surface area contributed by atoms with Gasteiger partial charge < -0.3 is 31.3 Å². The number of hydrogen-bond donors (Lipinski definition) is 5. The molecule has 3 amide bonds. The molecule has 5 aromatic rings. The minimum absolute atomic E-state index is 0.0161. The van der Waals surface area contributed by atoms with Gasteiger partial charge in [0, 0.05) is 47.2 Å². The lowest BCUT2D eigenvalue weighted by Gasteiger charge is -2.18. The van der Waals surface area contributed by atoms with Crippen molar-refractivity contribution in [3.63, 3.8) is 0 Å². The highest BCUT2D eigenvalue weighted by Gasteiger charge is 2.25. The van der Waals surface area contributed by atoms with Crippen molar-refractivity contribution in [2.75, 3.05) is 5.32 Å². The number of nitrogens with two attached hydrogens (primary N) is 1. The number of rotatable bonds is 18. The van der Waals surface area contributed by atoms with E-state index in [0.717, 1.165) is 0 Å². The summed E-state index contributed by atoms with van der Waals surface area (Å²) in [5.74, 6) is -4.73. The molecule has 0 saturated carbocycles. The van der Waals surface area contributed by atoms with Crippen molar-refractivity contribution in [2.45, 2.75) is 51.7 Å². The molecule has 0 aliphatic heterocycles. The number of carbonyl (C=O) groups is 7. The van der Waals surface area contributed by atoms with E-state index in [0.29, 0.717) is 33.5 Å². The van der Waals surface area contributed by atoms with Crippen LogP contribution in [0.1, 0.15) is 94.3 Å². The molecule has 0 heterocycles. The highest BCUT2D eigenvalue weighted by molar-refractivity contribution is 6.05. The SMILES string of the molecule is CC(C)Oc1c(CC(=O)c2ccc(CC(=O)[C@H](CC(N)=O)NC(=O)c3ccc(NC(=O)c4ccc(C#N)cc4)cc3)cc2)ccc(C(=O)Cc2ccc(C(=O)O)cc2)c1O. The van der Waals surface area contributed by atoms with E-state index in [2.05, 4.69) is 10.6 Å². The molecule has 60 heavy (non-hydrogen) atoms. The molecule has 5 aromatic carbocycles. The monoisotopic (exact) mass is 808 g/mol. The molecule has 0 radical (unpaired) electrons. The number of carboxylic acids is 1. The molecule has 14 heteroatoms. The Bertz CT molecular complexity index is 2490. The van der Waals surface area contributed by atoms with Gasteiger partial charge in [0.05, 0.1) is 41.3 Å². The summed E-state index contributed by atoms with van der Waals surface area (Å²) in [7, 11) is 0. The zero-order valence-corrected chi connectivity index (χ0v) is 32.6. The highest BCUT2D eigenvalue weighted by atomic mass is 16.5. The van der Waals surface area contributed by atoms with Crippen LogP contribution in [0.4, 0.5) is 5.69 Å². The number of nitrogens with one attached hydrogen (secondary N) is 2. The van der Waals surface area contributed by atoms with Crippen molar-refractivity contribution in [3.05, 3.63) is 159 Å². The van der Waals surface area contributed by atoms with Crippen LogP contribution in [0.15, 0.2) is 109 Å². The molecule has 6 N–H and O–H groups in total. The molecule has 0 aromatic heterocycles. The van der Waals surface area contributed by atoms with Crippen molar-refractivity contribution in [3.8, 4) is 17.6 Å². The van der Waals surface area contributed by atoms with Gasteiger partial charge in [0.1, 0.15) is 0 Å². The van der Waals surface area contributed by atoms with E-state index in [-0.39, 0.29) is 53.0 Å². The first-order chi connectivity index (χ1) is 28.6. The topological polar surface area (TPSA) is 243 Å². The second-order valence-corrected chi connectivity index (χ2v) is 14.1. The van der Waals surface area contributed by atoms with Crippen molar-refractivity contribution in [2.24, 2.45) is 5.73 Å². The van der Waals surface area contributed by atoms with Crippen molar-refractivity contribution < 1.29 is 48.5 Å². The third-order valence-electron chi connectivity index (χ3n) is 9.22. The number of carboxylic acid groups (broad SMARTS) is 1. The predicted octanol–water partition coefficient (Wildman–Crippen LogP) is 5.64. The normalized spacial score (nSPS) is 11.2. The second kappa shape index (κ2) is 19.5. The Labute approximate surface area is 344 Å². The molecule has 304 valence electrons. The third-order valence-corrected chi connectivity index (χ3v) is 9.22. The average Bonchev–Trinajstić information content (AvgIpc) is 3.22. The number of nitrogens with zero attached hydrogens (tertiary/aromatic N) is 1. The molecule has 0 aliphatic rings. The maximum atomic E-state index is 13.4. The first-order valence-corrected chi connectivity index (χ1v) is 18.6. The molecule has 0 fully saturated rings. The van der Waals surface area contributed by atoms with Crippen LogP contribution in [0, 0.1) is 11.3 Å². The van der Waals surface area contributed by atoms with Gasteiger partial charge in [-0.3, -0.25) is 28.8 Å². The van der Waals surface area contributed by atoms with Crippen LogP contribution in [-0.4, -0.2) is 63.4 Å². The molecule has 0 saturated heterocycles. The number of aromatic carboxylic acids is 1. The van der Waals surface area contributed by atoms with E-state index in [9.17, 15) is 38.7 Å². The smallest absolute Gasteiger partial charge is 0.335 e. The largest absolute Gasteiger partial charge is 0.504 e. The fourth-order valence-electron chi connectivity index (χ4n) is 6.09. The van der Waals surface area contributed by atoms with Gasteiger partial charge in [0.15, 0.2) is 28.8 Å². The number of hydrogen-bond acceptors (Lipinski definition) is 10. The number of amides is 3. The molecule has 5 rings (SSSR count). The van der Waals surface area contributed by atoms with E-state index in [1.807, 2.05) is 6.07 Å². The van der Waals surface area contributed by atoms with E-state index < -0.39 is 59.6 Å². The number of anilines is 1. The molecule has 0 spiro atoms. The first kappa shape index (κ1) is 43.2. The van der Waals surface area contributed by atoms with E-state index in [4.69, 9.17) is 20.8 Å². The van der Waals surface area contributed by atoms with Gasteiger partial charge in [0.25, 0.3) is 11.8 Å². The highest BCUT2D eigenvalue weighted by Crippen LogP contribution is 2.36. The molecule has 0 bridgehead atoms. The van der Waals surface area contributed by atoms with Crippen LogP contribution in [0.2, 0.25) is 0 Å². The fourth-order valence-corrected chi connectivity index (χ4v) is 6.09. The number of phenols is 1. The summed E-state index contributed by atoms with van der Waals surface area (Å²) in [4.78, 5) is 88.7. The van der Waals surface area contributed by atoms with Crippen LogP contribution >= 0.6 is 0 Å². The number of phenolic OH excluding ortho intramolecular Hbond substituents is 1. The maximum absolute atomic E-state index is 13.4. The average molecular weight is 809 g/mol. The summed E-state index contributed by atoms with van der Waals surface area (Å²) < 4.78 is 5.86. The number of aromatic hydroxyl groups is 1. The first-order valence-electron chi connectivity index (χ1n) is 18.6. The van der Waals surface area contributed by atoms with Gasteiger partial charge in [0.2, 0.25) is 5.91 Å². The minimum atomic E-state index is -1.26. The lowest BCUT2D eigenvalue weighted by molar-refractivity contribution is -0.125. The van der Waals surface area contributed by atoms with Gasteiger partial charge in [-0.2, -0.15) is 5.26 Å². The van der Waals surface area contributed by atoms with Crippen molar-refractivity contribution >= 4 is 46.7 Å². The zero-order chi connectivity index (χ0) is 43.5. The Kier molecular flexibility index (Phi) is 14.0. The summed E-state index contributed by atoms with van der Waals surface area (Å²) >= 11 is 0. The molecule has 14 nitrogen and oxygen atoms in total. The third kappa shape index (κ3) is 11.4. The van der Waals surface area contributed by atoms with Gasteiger partial charge in [-0.25, -0.2) is 4.79 Å². The van der Waals surface area contributed by atoms with Crippen LogP contribution in [-0.2, 0) is 28.9 Å². The number of carbonyl (C=O) groups excluding carboxylic acids is 6. The summed E-state index contributed by atoms with van der Waals surface area (Å²) in [6.07, 6.45) is -1.39. The summed E-state index contributed by atoms with van der Waals surface area (Å²) in [6.45, 7) is 3.45. The Morgan fingerprint density at radius 1 is 0.683 bits per heavy atom. The second-order valence-electron chi connectivity index (χ2n) is 14.1. The van der Waals surface area contributed by atoms with Crippen LogP contribution < -0.4 is 21.1 Å². The Balaban J connectivity index is 1.21. The maximum Gasteiger partial charge on any atom is 0.335 e.